The molecule has 1 atom stereocenters. The minimum atomic E-state index is -0.314. The van der Waals surface area contributed by atoms with E-state index in [1.165, 1.54) is 18.7 Å². The van der Waals surface area contributed by atoms with Crippen molar-refractivity contribution in [1.82, 2.24) is 0 Å². The monoisotopic (exact) mass is 600 g/mol. The Balaban J connectivity index is -0.000000137. The Labute approximate surface area is 262 Å². The summed E-state index contributed by atoms with van der Waals surface area (Å²) in [6.07, 6.45) is 1.76. The van der Waals surface area contributed by atoms with E-state index in [-0.39, 0.29) is 50.5 Å². The lowest BCUT2D eigenvalue weighted by molar-refractivity contribution is -0.127. The van der Waals surface area contributed by atoms with Gasteiger partial charge in [0, 0.05) is 41.5 Å². The maximum atomic E-state index is 11.3. The molecular formula is C36H73NO5. The van der Waals surface area contributed by atoms with E-state index in [0.29, 0.717) is 18.1 Å². The zero-order chi connectivity index (χ0) is 35.7. The van der Waals surface area contributed by atoms with Crippen molar-refractivity contribution in [3.05, 3.63) is 11.8 Å². The molecule has 1 unspecified atom stereocenters. The standard InChI is InChI=1S/C9H18O.C8H14O2.C7H15N.C6H14O.C6H12O/c1-7(2)6-8(10)9(3,4)5;1-6(9)5-7(10)8(2,3)4;1-6(8-5)7(2,3)4;2*1-5(7)6(2,3)4/h7H,6H2,1-5H3;5,10H,1-4H3;1-5H3;5,7H,1-4H3;1-4H3. The third-order valence-corrected chi connectivity index (χ3v) is 6.27. The molecule has 252 valence electrons. The van der Waals surface area contributed by atoms with Crippen molar-refractivity contribution in [3.8, 4) is 0 Å². The van der Waals surface area contributed by atoms with Crippen LogP contribution in [-0.2, 0) is 14.4 Å². The summed E-state index contributed by atoms with van der Waals surface area (Å²) >= 11 is 0. The van der Waals surface area contributed by atoms with Crippen molar-refractivity contribution in [2.45, 2.75) is 158 Å². The molecule has 0 radical (unpaired) electrons. The summed E-state index contributed by atoms with van der Waals surface area (Å²) in [4.78, 5) is 36.3. The van der Waals surface area contributed by atoms with Crippen molar-refractivity contribution in [2.24, 2.45) is 38.0 Å². The van der Waals surface area contributed by atoms with E-state index in [4.69, 9.17) is 5.11 Å². The fourth-order valence-corrected chi connectivity index (χ4v) is 1.42. The zero-order valence-corrected chi connectivity index (χ0v) is 32.0. The number of allylic oxidation sites excluding steroid dienone is 2. The quantitative estimate of drug-likeness (QED) is 0.191. The molecule has 0 aromatic carbocycles. The fourth-order valence-electron chi connectivity index (χ4n) is 1.42. The van der Waals surface area contributed by atoms with Crippen LogP contribution in [-0.4, -0.2) is 46.4 Å². The van der Waals surface area contributed by atoms with Crippen molar-refractivity contribution < 1.29 is 24.6 Å². The van der Waals surface area contributed by atoms with Gasteiger partial charge in [-0.2, -0.15) is 0 Å². The number of aliphatic hydroxyl groups is 2. The van der Waals surface area contributed by atoms with Crippen LogP contribution in [0.25, 0.3) is 0 Å². The molecule has 0 bridgehead atoms. The van der Waals surface area contributed by atoms with Gasteiger partial charge in [-0.3, -0.25) is 19.4 Å². The molecule has 0 heterocycles. The Morgan fingerprint density at radius 2 is 0.976 bits per heavy atom. The molecule has 0 amide bonds. The molecule has 6 nitrogen and oxygen atoms in total. The van der Waals surface area contributed by atoms with Crippen LogP contribution in [0.15, 0.2) is 16.8 Å². The molecule has 42 heavy (non-hydrogen) atoms. The molecule has 0 aromatic rings. The summed E-state index contributed by atoms with van der Waals surface area (Å²) in [5.74, 6) is 1.12. The van der Waals surface area contributed by atoms with E-state index >= 15 is 0 Å². The second kappa shape index (κ2) is 21.0. The van der Waals surface area contributed by atoms with Gasteiger partial charge in [-0.05, 0) is 44.4 Å². The zero-order valence-electron chi connectivity index (χ0n) is 32.0. The molecule has 0 saturated carbocycles. The summed E-state index contributed by atoms with van der Waals surface area (Å²) in [7, 11) is 1.83. The molecule has 0 fully saturated rings. The summed E-state index contributed by atoms with van der Waals surface area (Å²) < 4.78 is 0. The average Bonchev–Trinajstić information content (AvgIpc) is 2.70. The van der Waals surface area contributed by atoms with Gasteiger partial charge in [0.25, 0.3) is 0 Å². The molecule has 0 aliphatic heterocycles. The van der Waals surface area contributed by atoms with Gasteiger partial charge in [-0.1, -0.05) is 118 Å². The first-order chi connectivity index (χ1) is 18.0. The lowest BCUT2D eigenvalue weighted by Crippen LogP contribution is -2.21. The number of aliphatic hydroxyl groups excluding tert-OH is 2. The Morgan fingerprint density at radius 3 is 1.02 bits per heavy atom. The maximum absolute atomic E-state index is 11.3. The molecule has 0 rings (SSSR count). The van der Waals surface area contributed by atoms with Gasteiger partial charge in [0.15, 0.2) is 5.78 Å². The summed E-state index contributed by atoms with van der Waals surface area (Å²) in [5.41, 5.74) is 0.919. The predicted molar refractivity (Wildman–Crippen MR) is 185 cm³/mol. The highest BCUT2D eigenvalue weighted by Gasteiger charge is 2.21. The molecular weight excluding hydrogens is 526 g/mol. The van der Waals surface area contributed by atoms with E-state index < -0.39 is 0 Å². The largest absolute Gasteiger partial charge is 0.512 e. The van der Waals surface area contributed by atoms with Crippen molar-refractivity contribution in [1.29, 1.82) is 0 Å². The van der Waals surface area contributed by atoms with E-state index in [1.807, 2.05) is 90.1 Å². The Bertz CT molecular complexity index is 826. The lowest BCUT2D eigenvalue weighted by atomic mass is 9.86. The predicted octanol–water partition coefficient (Wildman–Crippen LogP) is 9.87. The van der Waals surface area contributed by atoms with Gasteiger partial charge >= 0.3 is 0 Å². The number of carbonyl (C=O) groups excluding carboxylic acids is 3. The first kappa shape index (κ1) is 49.8. The normalized spacial score (nSPS) is 13.5. The lowest BCUT2D eigenvalue weighted by Gasteiger charge is -2.21. The number of hydrogen-bond acceptors (Lipinski definition) is 6. The van der Waals surface area contributed by atoms with E-state index in [1.54, 1.807) is 13.8 Å². The molecule has 0 aliphatic carbocycles. The van der Waals surface area contributed by atoms with E-state index in [0.717, 1.165) is 0 Å². The van der Waals surface area contributed by atoms with Gasteiger partial charge in [0.2, 0.25) is 0 Å². The SMILES string of the molecule is CC(=O)C(C)(C)C.CC(=O)C=C(O)C(C)(C)C.CC(C)CC(=O)C(C)(C)C.CC(O)C(C)(C)C.CN=C(C)C(C)(C)C. The number of ketones is 3. The highest BCUT2D eigenvalue weighted by atomic mass is 16.3. The van der Waals surface area contributed by atoms with Crippen LogP contribution in [0.3, 0.4) is 0 Å². The molecule has 0 aliphatic rings. The van der Waals surface area contributed by atoms with E-state index in [2.05, 4.69) is 46.5 Å². The van der Waals surface area contributed by atoms with Gasteiger partial charge in [-0.25, -0.2) is 0 Å². The number of nitrogens with zero attached hydrogens (tertiary/aromatic N) is 1. The third-order valence-electron chi connectivity index (χ3n) is 6.27. The number of aliphatic imine (C=N–C) groups is 1. The Morgan fingerprint density at radius 1 is 0.667 bits per heavy atom. The maximum Gasteiger partial charge on any atom is 0.155 e. The highest BCUT2D eigenvalue weighted by Crippen LogP contribution is 2.22. The molecule has 2 N–H and O–H groups in total. The first-order valence-corrected chi connectivity index (χ1v) is 15.1. The minimum Gasteiger partial charge on any atom is -0.512 e. The van der Waals surface area contributed by atoms with Crippen LogP contribution in [0, 0.1) is 33.0 Å². The Hall–Kier alpha value is -1.82. The topological polar surface area (TPSA) is 104 Å². The minimum absolute atomic E-state index is 0.0556. The average molecular weight is 600 g/mol. The second-order valence-electron chi connectivity index (χ2n) is 16.6. The first-order valence-electron chi connectivity index (χ1n) is 15.1. The molecule has 0 saturated heterocycles. The van der Waals surface area contributed by atoms with Crippen molar-refractivity contribution in [3.63, 3.8) is 0 Å². The third kappa shape index (κ3) is 36.2. The van der Waals surface area contributed by atoms with Crippen LogP contribution in [0.1, 0.15) is 152 Å². The van der Waals surface area contributed by atoms with Crippen LogP contribution in [0.5, 0.6) is 0 Å². The number of hydrogen-bond donors (Lipinski definition) is 2. The van der Waals surface area contributed by atoms with Gasteiger partial charge in [-0.15, -0.1) is 0 Å². The van der Waals surface area contributed by atoms with Crippen LogP contribution >= 0.6 is 0 Å². The smallest absolute Gasteiger partial charge is 0.155 e. The van der Waals surface area contributed by atoms with Gasteiger partial charge < -0.3 is 10.2 Å². The number of Topliss-reactive ketones (excluding diaryl/α,β-unsaturated/α-hetero) is 2. The molecule has 6 heteroatoms. The molecule has 0 aromatic heterocycles. The van der Waals surface area contributed by atoms with Crippen molar-refractivity contribution >= 4 is 23.1 Å². The van der Waals surface area contributed by atoms with Crippen LogP contribution in [0.4, 0.5) is 0 Å². The number of rotatable bonds is 3. The highest BCUT2D eigenvalue weighted by molar-refractivity contribution is 5.87. The van der Waals surface area contributed by atoms with Crippen LogP contribution in [0.2, 0.25) is 0 Å². The number of carbonyl (C=O) groups is 3. The van der Waals surface area contributed by atoms with Gasteiger partial charge in [0.1, 0.15) is 17.3 Å². The summed E-state index contributed by atoms with van der Waals surface area (Å²) in [6, 6.07) is 0. The van der Waals surface area contributed by atoms with Crippen molar-refractivity contribution in [2.75, 3.05) is 7.05 Å². The molecule has 0 spiro atoms. The van der Waals surface area contributed by atoms with Crippen LogP contribution < -0.4 is 0 Å². The summed E-state index contributed by atoms with van der Waals surface area (Å²) in [5, 5.41) is 18.1. The summed E-state index contributed by atoms with van der Waals surface area (Å²) in [6.45, 7) is 40.8. The Kier molecular flexibility index (Phi) is 24.9. The second-order valence-corrected chi connectivity index (χ2v) is 16.6. The van der Waals surface area contributed by atoms with E-state index in [9.17, 15) is 19.5 Å². The van der Waals surface area contributed by atoms with Gasteiger partial charge in [0.05, 0.1) is 6.10 Å². The fraction of sp³-hybridized carbons (Fsp3) is 0.833.